The van der Waals surface area contributed by atoms with Gasteiger partial charge in [0.05, 0.1) is 22.6 Å². The summed E-state index contributed by atoms with van der Waals surface area (Å²) in [6.45, 7) is 6.63. The number of rotatable bonds is 5. The van der Waals surface area contributed by atoms with Crippen LogP contribution in [0.25, 0.3) is 5.69 Å². The minimum absolute atomic E-state index is 0.0167. The average molecular weight is 347 g/mol. The molecule has 1 aromatic heterocycles. The summed E-state index contributed by atoms with van der Waals surface area (Å²) in [4.78, 5) is 14.9. The second-order valence-corrected chi connectivity index (χ2v) is 6.61. The summed E-state index contributed by atoms with van der Waals surface area (Å²) in [6, 6.07) is 18.2. The summed E-state index contributed by atoms with van der Waals surface area (Å²) in [5.41, 5.74) is 5.73. The number of aromatic nitrogens is 2. The van der Waals surface area contributed by atoms with Crippen LogP contribution < -0.4 is 0 Å². The van der Waals surface area contributed by atoms with Crippen molar-refractivity contribution >= 4 is 5.91 Å². The van der Waals surface area contributed by atoms with Crippen LogP contribution in [0.3, 0.4) is 0 Å². The molecule has 0 N–H and O–H groups in total. The van der Waals surface area contributed by atoms with Crippen molar-refractivity contribution in [1.82, 2.24) is 14.7 Å². The summed E-state index contributed by atoms with van der Waals surface area (Å²) in [7, 11) is 1.85. The number of aryl methyl sites for hydroxylation is 2. The highest BCUT2D eigenvalue weighted by Crippen LogP contribution is 2.23. The standard InChI is InChI=1S/C22H25N3O/c1-5-19-21(22(26)24(4)15-18-12-7-6-8-13-18)17(3)23-25(19)20-14-10-9-11-16(20)2/h6-14H,5,15H2,1-4H3. The minimum Gasteiger partial charge on any atom is -0.337 e. The van der Waals surface area contributed by atoms with Gasteiger partial charge in [-0.2, -0.15) is 5.10 Å². The lowest BCUT2D eigenvalue weighted by Gasteiger charge is -2.18. The molecule has 0 atom stereocenters. The van der Waals surface area contributed by atoms with Gasteiger partial charge in [0, 0.05) is 13.6 Å². The van der Waals surface area contributed by atoms with Crippen LogP contribution in [-0.2, 0) is 13.0 Å². The molecule has 0 bridgehead atoms. The van der Waals surface area contributed by atoms with Gasteiger partial charge in [-0.05, 0) is 37.5 Å². The van der Waals surface area contributed by atoms with E-state index in [1.165, 1.54) is 0 Å². The van der Waals surface area contributed by atoms with E-state index in [9.17, 15) is 4.79 Å². The van der Waals surface area contributed by atoms with E-state index in [0.717, 1.165) is 34.6 Å². The Kier molecular flexibility index (Phi) is 5.21. The Labute approximate surface area is 155 Å². The molecule has 0 spiro atoms. The molecule has 3 rings (SSSR count). The molecule has 26 heavy (non-hydrogen) atoms. The fourth-order valence-corrected chi connectivity index (χ4v) is 3.30. The van der Waals surface area contributed by atoms with Gasteiger partial charge in [-0.15, -0.1) is 0 Å². The Balaban J connectivity index is 1.97. The topological polar surface area (TPSA) is 38.1 Å². The molecule has 3 aromatic rings. The third-order valence-electron chi connectivity index (χ3n) is 4.66. The molecular formula is C22H25N3O. The number of carbonyl (C=O) groups is 1. The molecule has 0 unspecified atom stereocenters. The molecule has 134 valence electrons. The molecule has 0 fully saturated rings. The second-order valence-electron chi connectivity index (χ2n) is 6.61. The molecule has 4 nitrogen and oxygen atoms in total. The summed E-state index contributed by atoms with van der Waals surface area (Å²) in [5, 5.41) is 4.69. The zero-order chi connectivity index (χ0) is 18.7. The van der Waals surface area contributed by atoms with Crippen molar-refractivity contribution in [2.75, 3.05) is 7.05 Å². The lowest BCUT2D eigenvalue weighted by Crippen LogP contribution is -2.27. The molecule has 0 aliphatic heterocycles. The molecule has 0 radical (unpaired) electrons. The monoisotopic (exact) mass is 347 g/mol. The van der Waals surface area contributed by atoms with Gasteiger partial charge in [-0.1, -0.05) is 55.5 Å². The van der Waals surface area contributed by atoms with Crippen molar-refractivity contribution in [3.63, 3.8) is 0 Å². The fourth-order valence-electron chi connectivity index (χ4n) is 3.30. The Morgan fingerprint density at radius 1 is 1.04 bits per heavy atom. The molecule has 2 aromatic carbocycles. The Bertz CT molecular complexity index is 912. The van der Waals surface area contributed by atoms with Crippen LogP contribution in [0.1, 0.15) is 39.8 Å². The maximum Gasteiger partial charge on any atom is 0.257 e. The lowest BCUT2D eigenvalue weighted by atomic mass is 10.1. The maximum absolute atomic E-state index is 13.2. The predicted octanol–water partition coefficient (Wildman–Crippen LogP) is 4.32. The van der Waals surface area contributed by atoms with Crippen molar-refractivity contribution in [3.8, 4) is 5.69 Å². The van der Waals surface area contributed by atoms with Crippen LogP contribution in [0.15, 0.2) is 54.6 Å². The number of amides is 1. The predicted molar refractivity (Wildman–Crippen MR) is 105 cm³/mol. The van der Waals surface area contributed by atoms with Gasteiger partial charge < -0.3 is 4.90 Å². The van der Waals surface area contributed by atoms with Crippen molar-refractivity contribution in [2.45, 2.75) is 33.7 Å². The third-order valence-corrected chi connectivity index (χ3v) is 4.66. The molecule has 0 saturated heterocycles. The Hall–Kier alpha value is -2.88. The van der Waals surface area contributed by atoms with E-state index in [2.05, 4.69) is 19.9 Å². The van der Waals surface area contributed by atoms with Gasteiger partial charge >= 0.3 is 0 Å². The van der Waals surface area contributed by atoms with Crippen LogP contribution in [0.4, 0.5) is 0 Å². The van der Waals surface area contributed by atoms with Gasteiger partial charge in [0.15, 0.2) is 0 Å². The summed E-state index contributed by atoms with van der Waals surface area (Å²) < 4.78 is 1.92. The van der Waals surface area contributed by atoms with E-state index in [1.807, 2.05) is 67.2 Å². The summed E-state index contributed by atoms with van der Waals surface area (Å²) in [6.07, 6.45) is 0.745. The molecule has 0 aliphatic rings. The van der Waals surface area contributed by atoms with Gasteiger partial charge in [-0.3, -0.25) is 4.79 Å². The van der Waals surface area contributed by atoms with Crippen molar-refractivity contribution in [2.24, 2.45) is 0 Å². The normalized spacial score (nSPS) is 10.8. The highest BCUT2D eigenvalue weighted by molar-refractivity contribution is 5.96. The summed E-state index contributed by atoms with van der Waals surface area (Å²) in [5.74, 6) is 0.0167. The molecule has 0 aliphatic carbocycles. The average Bonchev–Trinajstić information content (AvgIpc) is 2.98. The number of para-hydroxylation sites is 1. The van der Waals surface area contributed by atoms with Crippen molar-refractivity contribution in [1.29, 1.82) is 0 Å². The third kappa shape index (κ3) is 3.40. The first-order valence-electron chi connectivity index (χ1n) is 8.96. The van der Waals surface area contributed by atoms with Crippen molar-refractivity contribution < 1.29 is 4.79 Å². The number of carbonyl (C=O) groups excluding carboxylic acids is 1. The van der Waals surface area contributed by atoms with E-state index in [4.69, 9.17) is 5.10 Å². The van der Waals surface area contributed by atoms with E-state index < -0.39 is 0 Å². The highest BCUT2D eigenvalue weighted by Gasteiger charge is 2.24. The number of benzene rings is 2. The number of hydrogen-bond acceptors (Lipinski definition) is 2. The second kappa shape index (κ2) is 7.56. The SMILES string of the molecule is CCc1c(C(=O)N(C)Cc2ccccc2)c(C)nn1-c1ccccc1C. The fraction of sp³-hybridized carbons (Fsp3) is 0.273. The first-order chi connectivity index (χ1) is 12.5. The number of hydrogen-bond donors (Lipinski definition) is 0. The molecular weight excluding hydrogens is 322 g/mol. The first kappa shape index (κ1) is 17.9. The van der Waals surface area contributed by atoms with Gasteiger partial charge in [0.25, 0.3) is 5.91 Å². The van der Waals surface area contributed by atoms with Gasteiger partial charge in [0.2, 0.25) is 0 Å². The van der Waals surface area contributed by atoms with Crippen LogP contribution in [0, 0.1) is 13.8 Å². The van der Waals surface area contributed by atoms with Crippen LogP contribution in [0.5, 0.6) is 0 Å². The smallest absolute Gasteiger partial charge is 0.257 e. The quantitative estimate of drug-likeness (QED) is 0.689. The van der Waals surface area contributed by atoms with Crippen molar-refractivity contribution in [3.05, 3.63) is 82.7 Å². The van der Waals surface area contributed by atoms with Gasteiger partial charge in [-0.25, -0.2) is 4.68 Å². The Morgan fingerprint density at radius 2 is 1.69 bits per heavy atom. The zero-order valence-corrected chi connectivity index (χ0v) is 15.9. The van der Waals surface area contributed by atoms with Crippen LogP contribution in [0.2, 0.25) is 0 Å². The molecule has 1 heterocycles. The van der Waals surface area contributed by atoms with Crippen LogP contribution in [-0.4, -0.2) is 27.6 Å². The first-order valence-corrected chi connectivity index (χ1v) is 8.96. The highest BCUT2D eigenvalue weighted by atomic mass is 16.2. The largest absolute Gasteiger partial charge is 0.337 e. The molecule has 1 amide bonds. The van der Waals surface area contributed by atoms with E-state index in [0.29, 0.717) is 12.1 Å². The molecule has 4 heteroatoms. The minimum atomic E-state index is 0.0167. The van der Waals surface area contributed by atoms with Crippen LogP contribution >= 0.6 is 0 Å². The van der Waals surface area contributed by atoms with E-state index in [1.54, 1.807) is 4.90 Å². The number of nitrogens with zero attached hydrogens (tertiary/aromatic N) is 3. The Morgan fingerprint density at radius 3 is 2.35 bits per heavy atom. The van der Waals surface area contributed by atoms with E-state index >= 15 is 0 Å². The summed E-state index contributed by atoms with van der Waals surface area (Å²) >= 11 is 0. The zero-order valence-electron chi connectivity index (χ0n) is 15.9. The molecule has 0 saturated carbocycles. The lowest BCUT2D eigenvalue weighted by molar-refractivity contribution is 0.0783. The van der Waals surface area contributed by atoms with E-state index in [-0.39, 0.29) is 5.91 Å². The maximum atomic E-state index is 13.2. The van der Waals surface area contributed by atoms with Gasteiger partial charge in [0.1, 0.15) is 0 Å².